The minimum absolute atomic E-state index is 0.305. The number of benzene rings is 2. The molecule has 0 aliphatic carbocycles. The summed E-state index contributed by atoms with van der Waals surface area (Å²) in [7, 11) is 0. The molecule has 0 fully saturated rings. The molecule has 1 atom stereocenters. The van der Waals surface area contributed by atoms with Gasteiger partial charge in [-0.1, -0.05) is 52.3 Å². The molecule has 0 aliphatic rings. The van der Waals surface area contributed by atoms with E-state index in [1.165, 1.54) is 22.0 Å². The molecule has 2 aromatic carbocycles. The number of H-pyrrole nitrogens is 1. The third-order valence-electron chi connectivity index (χ3n) is 3.65. The van der Waals surface area contributed by atoms with Gasteiger partial charge in [0.15, 0.2) is 0 Å². The quantitative estimate of drug-likeness (QED) is 0.708. The van der Waals surface area contributed by atoms with Gasteiger partial charge in [-0.2, -0.15) is 0 Å². The molecule has 0 saturated carbocycles. The number of hydrogen-bond acceptors (Lipinski definition) is 1. The molecule has 2 nitrogen and oxygen atoms in total. The molecule has 3 rings (SSSR count). The zero-order valence-corrected chi connectivity index (χ0v) is 12.9. The van der Waals surface area contributed by atoms with Gasteiger partial charge in [-0.3, -0.25) is 0 Å². The second kappa shape index (κ2) is 5.81. The lowest BCUT2D eigenvalue weighted by Crippen LogP contribution is -2.18. The maximum Gasteiger partial charge on any atom is 0.0457 e. The van der Waals surface area contributed by atoms with E-state index in [0.717, 1.165) is 11.0 Å². The molecule has 0 bridgehead atoms. The fourth-order valence-corrected chi connectivity index (χ4v) is 3.11. The zero-order valence-electron chi connectivity index (χ0n) is 11.4. The zero-order chi connectivity index (χ0) is 13.9. The van der Waals surface area contributed by atoms with Crippen molar-refractivity contribution in [1.29, 1.82) is 0 Å². The number of nitrogens with one attached hydrogen (secondary N) is 2. The third kappa shape index (κ3) is 2.65. The Hall–Kier alpha value is -1.58. The Balaban J connectivity index is 1.75. The Morgan fingerprint density at radius 3 is 2.70 bits per heavy atom. The number of para-hydroxylation sites is 1. The van der Waals surface area contributed by atoms with Gasteiger partial charge in [0, 0.05) is 34.2 Å². The van der Waals surface area contributed by atoms with Crippen LogP contribution in [-0.4, -0.2) is 4.98 Å². The van der Waals surface area contributed by atoms with Crippen molar-refractivity contribution in [3.05, 3.63) is 70.3 Å². The first kappa shape index (κ1) is 13.4. The van der Waals surface area contributed by atoms with Crippen LogP contribution in [0.15, 0.2) is 59.2 Å². The lowest BCUT2D eigenvalue weighted by atomic mass is 10.1. The van der Waals surface area contributed by atoms with Crippen molar-refractivity contribution in [1.82, 2.24) is 10.3 Å². The number of aromatic nitrogens is 1. The number of hydrogen-bond donors (Lipinski definition) is 2. The molecule has 1 aromatic heterocycles. The van der Waals surface area contributed by atoms with Crippen molar-refractivity contribution < 1.29 is 0 Å². The Bertz CT molecular complexity index is 718. The predicted octanol–water partition coefficient (Wildman–Crippen LogP) is 4.78. The summed E-state index contributed by atoms with van der Waals surface area (Å²) in [6.45, 7) is 3.04. The Kier molecular flexibility index (Phi) is 3.90. The highest BCUT2D eigenvalue weighted by molar-refractivity contribution is 9.10. The van der Waals surface area contributed by atoms with Crippen molar-refractivity contribution in [3.63, 3.8) is 0 Å². The lowest BCUT2D eigenvalue weighted by Gasteiger charge is -2.15. The van der Waals surface area contributed by atoms with Crippen LogP contribution in [0.25, 0.3) is 10.9 Å². The van der Waals surface area contributed by atoms with Crippen molar-refractivity contribution in [2.75, 3.05) is 0 Å². The molecule has 0 radical (unpaired) electrons. The van der Waals surface area contributed by atoms with E-state index in [0.29, 0.717) is 6.04 Å². The second-order valence-corrected chi connectivity index (χ2v) is 5.84. The van der Waals surface area contributed by atoms with Crippen molar-refractivity contribution in [2.45, 2.75) is 19.5 Å². The third-order valence-corrected chi connectivity index (χ3v) is 4.37. The minimum atomic E-state index is 0.305. The number of rotatable bonds is 4. The molecule has 1 unspecified atom stereocenters. The van der Waals surface area contributed by atoms with Crippen LogP contribution in [0.3, 0.4) is 0 Å². The minimum Gasteiger partial charge on any atom is -0.361 e. The van der Waals surface area contributed by atoms with Crippen molar-refractivity contribution in [2.24, 2.45) is 0 Å². The molecule has 102 valence electrons. The predicted molar refractivity (Wildman–Crippen MR) is 87.7 cm³/mol. The summed E-state index contributed by atoms with van der Waals surface area (Å²) in [4.78, 5) is 3.31. The molecule has 0 saturated heterocycles. The van der Waals surface area contributed by atoms with Gasteiger partial charge in [-0.05, 0) is 30.2 Å². The van der Waals surface area contributed by atoms with Crippen LogP contribution in [0.2, 0.25) is 0 Å². The highest BCUT2D eigenvalue weighted by Crippen LogP contribution is 2.24. The van der Waals surface area contributed by atoms with E-state index in [-0.39, 0.29) is 0 Å². The average molecular weight is 329 g/mol. The highest BCUT2D eigenvalue weighted by Gasteiger charge is 2.09. The summed E-state index contributed by atoms with van der Waals surface area (Å²) in [5.74, 6) is 0. The normalized spacial score (nSPS) is 12.7. The van der Waals surface area contributed by atoms with Gasteiger partial charge in [0.1, 0.15) is 0 Å². The van der Waals surface area contributed by atoms with Gasteiger partial charge in [-0.15, -0.1) is 0 Å². The van der Waals surface area contributed by atoms with E-state index in [1.54, 1.807) is 0 Å². The fraction of sp³-hybridized carbons (Fsp3) is 0.176. The van der Waals surface area contributed by atoms with Crippen LogP contribution in [0.4, 0.5) is 0 Å². The van der Waals surface area contributed by atoms with Crippen LogP contribution < -0.4 is 5.32 Å². The maximum atomic E-state index is 3.61. The van der Waals surface area contributed by atoms with Crippen LogP contribution in [0, 0.1) is 0 Å². The van der Waals surface area contributed by atoms with Gasteiger partial charge in [0.2, 0.25) is 0 Å². The van der Waals surface area contributed by atoms with Crippen molar-refractivity contribution >= 4 is 26.8 Å². The molecule has 3 heteroatoms. The molecule has 0 aliphatic heterocycles. The first-order chi connectivity index (χ1) is 9.75. The van der Waals surface area contributed by atoms with Gasteiger partial charge in [-0.25, -0.2) is 0 Å². The van der Waals surface area contributed by atoms with Gasteiger partial charge < -0.3 is 10.3 Å². The molecular formula is C17H17BrN2. The molecule has 0 amide bonds. The summed E-state index contributed by atoms with van der Waals surface area (Å²) >= 11 is 3.61. The summed E-state index contributed by atoms with van der Waals surface area (Å²) < 4.78 is 1.15. The smallest absolute Gasteiger partial charge is 0.0457 e. The van der Waals surface area contributed by atoms with Crippen LogP contribution in [-0.2, 0) is 6.54 Å². The van der Waals surface area contributed by atoms with Crippen LogP contribution >= 0.6 is 15.9 Å². The summed E-state index contributed by atoms with van der Waals surface area (Å²) in [6, 6.07) is 17.1. The van der Waals surface area contributed by atoms with Crippen LogP contribution in [0.1, 0.15) is 24.1 Å². The first-order valence-corrected chi connectivity index (χ1v) is 7.58. The van der Waals surface area contributed by atoms with E-state index < -0.39 is 0 Å². The molecule has 0 spiro atoms. The summed E-state index contributed by atoms with van der Waals surface area (Å²) in [6.07, 6.45) is 2.09. The Labute approximate surface area is 127 Å². The van der Waals surface area contributed by atoms with Gasteiger partial charge in [0.05, 0.1) is 0 Å². The van der Waals surface area contributed by atoms with Gasteiger partial charge in [0.25, 0.3) is 0 Å². The van der Waals surface area contributed by atoms with Gasteiger partial charge >= 0.3 is 0 Å². The number of halogens is 1. The summed E-state index contributed by atoms with van der Waals surface area (Å²) in [5, 5.41) is 4.88. The van der Waals surface area contributed by atoms with E-state index in [2.05, 4.69) is 81.8 Å². The largest absolute Gasteiger partial charge is 0.361 e. The molecular weight excluding hydrogens is 312 g/mol. The number of aromatic amines is 1. The average Bonchev–Trinajstić information content (AvgIpc) is 2.88. The molecule has 2 N–H and O–H groups in total. The van der Waals surface area contributed by atoms with E-state index in [9.17, 15) is 0 Å². The van der Waals surface area contributed by atoms with Crippen LogP contribution in [0.5, 0.6) is 0 Å². The Morgan fingerprint density at radius 1 is 1.10 bits per heavy atom. The summed E-state index contributed by atoms with van der Waals surface area (Å²) in [5.41, 5.74) is 3.78. The molecule has 1 heterocycles. The lowest BCUT2D eigenvalue weighted by molar-refractivity contribution is 0.574. The monoisotopic (exact) mass is 328 g/mol. The SMILES string of the molecule is CC(NCc1c[nH]c2ccccc12)c1ccccc1Br. The molecule has 3 aromatic rings. The topological polar surface area (TPSA) is 27.8 Å². The highest BCUT2D eigenvalue weighted by atomic mass is 79.9. The fourth-order valence-electron chi connectivity index (χ4n) is 2.48. The van der Waals surface area contributed by atoms with Crippen molar-refractivity contribution in [3.8, 4) is 0 Å². The maximum absolute atomic E-state index is 3.61. The standard InChI is InChI=1S/C17H17BrN2/c1-12(14-6-2-4-8-16(14)18)19-10-13-11-20-17-9-5-3-7-15(13)17/h2-9,11-12,19-20H,10H2,1H3. The Morgan fingerprint density at radius 2 is 1.85 bits per heavy atom. The van der Waals surface area contributed by atoms with E-state index >= 15 is 0 Å². The number of fused-ring (bicyclic) bond motifs is 1. The first-order valence-electron chi connectivity index (χ1n) is 6.78. The molecule has 20 heavy (non-hydrogen) atoms. The van der Waals surface area contributed by atoms with E-state index in [4.69, 9.17) is 0 Å². The second-order valence-electron chi connectivity index (χ2n) is 4.98. The van der Waals surface area contributed by atoms with E-state index in [1.807, 2.05) is 6.07 Å².